The van der Waals surface area contributed by atoms with Gasteiger partial charge in [0.2, 0.25) is 0 Å². The number of halogens is 2. The quantitative estimate of drug-likeness (QED) is 0.732. The van der Waals surface area contributed by atoms with Crippen LogP contribution in [0.25, 0.3) is 0 Å². The highest BCUT2D eigenvalue weighted by atomic mass is 19.1. The molecule has 0 heterocycles. The Bertz CT molecular complexity index is 347. The Kier molecular flexibility index (Phi) is 4.40. The van der Waals surface area contributed by atoms with Gasteiger partial charge in [-0.2, -0.15) is 0 Å². The number of carbonyl (C=O) groups excluding carboxylic acids is 1. The first kappa shape index (κ1) is 11.8. The molecule has 0 radical (unpaired) electrons. The molecule has 0 unspecified atom stereocenters. The largest absolute Gasteiger partial charge is 0.300 e. The van der Waals surface area contributed by atoms with Crippen LogP contribution >= 0.6 is 0 Å². The van der Waals surface area contributed by atoms with Gasteiger partial charge in [0.25, 0.3) is 0 Å². The Morgan fingerprint density at radius 2 is 2.07 bits per heavy atom. The van der Waals surface area contributed by atoms with Gasteiger partial charge in [-0.3, -0.25) is 4.79 Å². The van der Waals surface area contributed by atoms with Crippen molar-refractivity contribution in [2.75, 3.05) is 0 Å². The molecule has 1 nitrogen and oxygen atoms in total. The second kappa shape index (κ2) is 5.59. The summed E-state index contributed by atoms with van der Waals surface area (Å²) in [5, 5.41) is 0. The third-order valence-corrected chi connectivity index (χ3v) is 2.30. The van der Waals surface area contributed by atoms with Gasteiger partial charge in [0.15, 0.2) is 0 Å². The van der Waals surface area contributed by atoms with Crippen molar-refractivity contribution in [1.82, 2.24) is 0 Å². The summed E-state index contributed by atoms with van der Waals surface area (Å²) in [6, 6.07) is 3.40. The Labute approximate surface area is 88.1 Å². The summed E-state index contributed by atoms with van der Waals surface area (Å²) in [6.07, 6.45) is 1.93. The number of rotatable bonds is 5. The van der Waals surface area contributed by atoms with Crippen molar-refractivity contribution in [1.29, 1.82) is 0 Å². The van der Waals surface area contributed by atoms with Crippen molar-refractivity contribution >= 4 is 5.78 Å². The standard InChI is InChI=1S/C12H14F2O/c1-2-11(15)5-3-4-9-8-10(13)6-7-12(9)14/h6-8H,2-5H2,1H3. The summed E-state index contributed by atoms with van der Waals surface area (Å²) in [5.41, 5.74) is 0.346. The van der Waals surface area contributed by atoms with Crippen molar-refractivity contribution in [3.05, 3.63) is 35.4 Å². The maximum atomic E-state index is 13.1. The van der Waals surface area contributed by atoms with Crippen LogP contribution in [0.4, 0.5) is 8.78 Å². The van der Waals surface area contributed by atoms with Gasteiger partial charge in [0.1, 0.15) is 17.4 Å². The van der Waals surface area contributed by atoms with Gasteiger partial charge >= 0.3 is 0 Å². The van der Waals surface area contributed by atoms with Crippen molar-refractivity contribution in [3.63, 3.8) is 0 Å². The average molecular weight is 212 g/mol. The van der Waals surface area contributed by atoms with E-state index < -0.39 is 11.6 Å². The van der Waals surface area contributed by atoms with Crippen molar-refractivity contribution in [2.24, 2.45) is 0 Å². The monoisotopic (exact) mass is 212 g/mol. The van der Waals surface area contributed by atoms with Crippen LogP contribution in [-0.2, 0) is 11.2 Å². The van der Waals surface area contributed by atoms with E-state index in [2.05, 4.69) is 0 Å². The Balaban J connectivity index is 2.50. The highest BCUT2D eigenvalue weighted by Crippen LogP contribution is 2.12. The summed E-state index contributed by atoms with van der Waals surface area (Å²) >= 11 is 0. The first-order valence-electron chi connectivity index (χ1n) is 5.09. The van der Waals surface area contributed by atoms with E-state index in [0.29, 0.717) is 31.2 Å². The lowest BCUT2D eigenvalue weighted by atomic mass is 10.1. The summed E-state index contributed by atoms with van der Waals surface area (Å²) in [5.74, 6) is -0.680. The molecule has 1 aromatic carbocycles. The minimum Gasteiger partial charge on any atom is -0.300 e. The molecule has 15 heavy (non-hydrogen) atoms. The summed E-state index contributed by atoms with van der Waals surface area (Å²) in [6.45, 7) is 1.80. The predicted molar refractivity (Wildman–Crippen MR) is 54.6 cm³/mol. The molecule has 0 atom stereocenters. The Morgan fingerprint density at radius 1 is 1.33 bits per heavy atom. The second-order valence-corrected chi connectivity index (χ2v) is 3.48. The molecule has 1 rings (SSSR count). The molecule has 0 aliphatic rings. The highest BCUT2D eigenvalue weighted by molar-refractivity contribution is 5.77. The van der Waals surface area contributed by atoms with Gasteiger partial charge < -0.3 is 0 Å². The first-order chi connectivity index (χ1) is 7.13. The van der Waals surface area contributed by atoms with E-state index >= 15 is 0 Å². The molecule has 82 valence electrons. The van der Waals surface area contributed by atoms with Crippen molar-refractivity contribution < 1.29 is 13.6 Å². The van der Waals surface area contributed by atoms with Crippen LogP contribution in [0.15, 0.2) is 18.2 Å². The van der Waals surface area contributed by atoms with Crippen LogP contribution in [0.5, 0.6) is 0 Å². The Morgan fingerprint density at radius 3 is 2.73 bits per heavy atom. The van der Waals surface area contributed by atoms with E-state index in [1.807, 2.05) is 0 Å². The van der Waals surface area contributed by atoms with Gasteiger partial charge in [0.05, 0.1) is 0 Å². The van der Waals surface area contributed by atoms with E-state index in [9.17, 15) is 13.6 Å². The zero-order valence-corrected chi connectivity index (χ0v) is 8.72. The van der Waals surface area contributed by atoms with Gasteiger partial charge in [-0.25, -0.2) is 8.78 Å². The normalized spacial score (nSPS) is 10.3. The molecule has 1 aromatic rings. The molecule has 3 heteroatoms. The molecule has 0 saturated heterocycles. The van der Waals surface area contributed by atoms with Crippen LogP contribution in [0, 0.1) is 11.6 Å². The van der Waals surface area contributed by atoms with Gasteiger partial charge in [-0.05, 0) is 36.6 Å². The maximum absolute atomic E-state index is 13.1. The number of Topliss-reactive ketones (excluding diaryl/α,β-unsaturated/α-hetero) is 1. The SMILES string of the molecule is CCC(=O)CCCc1cc(F)ccc1F. The van der Waals surface area contributed by atoms with Crippen LogP contribution in [0.1, 0.15) is 31.7 Å². The number of aryl methyl sites for hydroxylation is 1. The van der Waals surface area contributed by atoms with Gasteiger partial charge in [-0.15, -0.1) is 0 Å². The molecule has 0 amide bonds. The fourth-order valence-electron chi connectivity index (χ4n) is 1.39. The molecule has 0 aliphatic heterocycles. The first-order valence-corrected chi connectivity index (χ1v) is 5.09. The average Bonchev–Trinajstić information content (AvgIpc) is 2.23. The lowest BCUT2D eigenvalue weighted by Crippen LogP contribution is -1.98. The molecule has 0 saturated carbocycles. The van der Waals surface area contributed by atoms with Crippen molar-refractivity contribution in [3.8, 4) is 0 Å². The third-order valence-electron chi connectivity index (χ3n) is 2.30. The number of ketones is 1. The fourth-order valence-corrected chi connectivity index (χ4v) is 1.39. The van der Waals surface area contributed by atoms with Crippen LogP contribution in [0.2, 0.25) is 0 Å². The van der Waals surface area contributed by atoms with Crippen molar-refractivity contribution in [2.45, 2.75) is 32.6 Å². The minimum atomic E-state index is -0.437. The summed E-state index contributed by atoms with van der Waals surface area (Å²) in [7, 11) is 0. The van der Waals surface area contributed by atoms with Gasteiger partial charge in [-0.1, -0.05) is 6.92 Å². The van der Waals surface area contributed by atoms with E-state index in [4.69, 9.17) is 0 Å². The minimum absolute atomic E-state index is 0.159. The zero-order valence-electron chi connectivity index (χ0n) is 8.72. The summed E-state index contributed by atoms with van der Waals surface area (Å²) < 4.78 is 25.9. The number of benzene rings is 1. The fraction of sp³-hybridized carbons (Fsp3) is 0.417. The highest BCUT2D eigenvalue weighted by Gasteiger charge is 2.05. The molecule has 0 fully saturated rings. The molecular formula is C12H14F2O. The van der Waals surface area contributed by atoms with Gasteiger partial charge in [0, 0.05) is 12.8 Å². The lowest BCUT2D eigenvalue weighted by Gasteiger charge is -2.02. The maximum Gasteiger partial charge on any atom is 0.132 e. The summed E-state index contributed by atoms with van der Waals surface area (Å²) in [4.78, 5) is 11.0. The number of carbonyl (C=O) groups is 1. The van der Waals surface area contributed by atoms with Crippen LogP contribution in [0.3, 0.4) is 0 Å². The van der Waals surface area contributed by atoms with E-state index in [1.54, 1.807) is 6.92 Å². The topological polar surface area (TPSA) is 17.1 Å². The zero-order chi connectivity index (χ0) is 11.3. The predicted octanol–water partition coefficient (Wildman–Crippen LogP) is 3.27. The van der Waals surface area contributed by atoms with Crippen LogP contribution in [-0.4, -0.2) is 5.78 Å². The Hall–Kier alpha value is -1.25. The van der Waals surface area contributed by atoms with E-state index in [0.717, 1.165) is 12.1 Å². The molecular weight excluding hydrogens is 198 g/mol. The molecule has 0 spiro atoms. The van der Waals surface area contributed by atoms with E-state index in [1.165, 1.54) is 6.07 Å². The van der Waals surface area contributed by atoms with Crippen LogP contribution < -0.4 is 0 Å². The number of hydrogen-bond donors (Lipinski definition) is 0. The second-order valence-electron chi connectivity index (χ2n) is 3.48. The molecule has 0 N–H and O–H groups in total. The molecule has 0 bridgehead atoms. The number of hydrogen-bond acceptors (Lipinski definition) is 1. The molecule has 0 aliphatic carbocycles. The molecule has 0 aromatic heterocycles. The third kappa shape index (κ3) is 3.78. The van der Waals surface area contributed by atoms with E-state index in [-0.39, 0.29) is 5.78 Å². The smallest absolute Gasteiger partial charge is 0.132 e. The lowest BCUT2D eigenvalue weighted by molar-refractivity contribution is -0.118.